The van der Waals surface area contributed by atoms with E-state index in [1.54, 1.807) is 11.1 Å². The minimum Gasteiger partial charge on any atom is -0.335 e. The molecule has 10 heteroatoms. The number of aromatic nitrogens is 3. The van der Waals surface area contributed by atoms with Crippen molar-refractivity contribution in [3.05, 3.63) is 11.9 Å². The second kappa shape index (κ2) is 5.85. The van der Waals surface area contributed by atoms with Crippen molar-refractivity contribution >= 4 is 15.9 Å². The number of amides is 1. The van der Waals surface area contributed by atoms with Gasteiger partial charge in [0.2, 0.25) is 10.0 Å². The lowest BCUT2D eigenvalue weighted by atomic mass is 10.3. The molecule has 1 saturated heterocycles. The summed E-state index contributed by atoms with van der Waals surface area (Å²) >= 11 is 0. The molecule has 0 spiro atoms. The molecule has 2 heterocycles. The molecule has 0 atom stereocenters. The Kier molecular flexibility index (Phi) is 4.35. The molecule has 1 aromatic rings. The quantitative estimate of drug-likeness (QED) is 0.685. The molecule has 0 saturated carbocycles. The van der Waals surface area contributed by atoms with Crippen molar-refractivity contribution in [3.8, 4) is 0 Å². The monoisotopic (exact) mass is 302 g/mol. The van der Waals surface area contributed by atoms with Gasteiger partial charge >= 0.3 is 0 Å². The van der Waals surface area contributed by atoms with Crippen molar-refractivity contribution < 1.29 is 13.2 Å². The zero-order valence-electron chi connectivity index (χ0n) is 11.3. The summed E-state index contributed by atoms with van der Waals surface area (Å²) in [5, 5.41) is 7.62. The summed E-state index contributed by atoms with van der Waals surface area (Å²) in [6, 6.07) is 0. The predicted octanol–water partition coefficient (Wildman–Crippen LogP) is -2.05. The molecule has 0 aliphatic carbocycles. The molecule has 0 bridgehead atoms. The van der Waals surface area contributed by atoms with Crippen LogP contribution in [0.5, 0.6) is 0 Å². The van der Waals surface area contributed by atoms with Gasteiger partial charge < -0.3 is 10.6 Å². The summed E-state index contributed by atoms with van der Waals surface area (Å²) in [6.45, 7) is 2.25. The second-order valence-electron chi connectivity index (χ2n) is 4.61. The molecule has 1 aliphatic heterocycles. The maximum atomic E-state index is 12.2. The van der Waals surface area contributed by atoms with Gasteiger partial charge in [0.15, 0.2) is 5.69 Å². The Morgan fingerprint density at radius 1 is 1.35 bits per heavy atom. The number of hydrogen-bond acceptors (Lipinski definition) is 6. The number of carbonyl (C=O) groups is 1. The molecular weight excluding hydrogens is 284 g/mol. The molecule has 0 unspecified atom stereocenters. The van der Waals surface area contributed by atoms with Crippen LogP contribution in [-0.2, 0) is 16.6 Å². The van der Waals surface area contributed by atoms with Crippen LogP contribution in [0.15, 0.2) is 6.20 Å². The van der Waals surface area contributed by atoms with Crippen LogP contribution in [-0.4, -0.2) is 77.5 Å². The highest BCUT2D eigenvalue weighted by Crippen LogP contribution is 2.09. The minimum absolute atomic E-state index is 0.235. The van der Waals surface area contributed by atoms with Crippen LogP contribution in [0.2, 0.25) is 0 Å². The van der Waals surface area contributed by atoms with Gasteiger partial charge in [-0.15, -0.1) is 5.10 Å². The lowest BCUT2D eigenvalue weighted by molar-refractivity contribution is 0.0692. The first kappa shape index (κ1) is 14.9. The first-order valence-corrected chi connectivity index (χ1v) is 8.11. The van der Waals surface area contributed by atoms with E-state index in [4.69, 9.17) is 5.73 Å². The maximum absolute atomic E-state index is 12.2. The Hall–Kier alpha value is -1.52. The van der Waals surface area contributed by atoms with E-state index in [1.807, 2.05) is 0 Å². The highest BCUT2D eigenvalue weighted by atomic mass is 32.2. The highest BCUT2D eigenvalue weighted by molar-refractivity contribution is 7.88. The van der Waals surface area contributed by atoms with E-state index < -0.39 is 10.0 Å². The number of nitrogens with zero attached hydrogens (tertiary/aromatic N) is 5. The lowest BCUT2D eigenvalue weighted by Gasteiger charge is -2.32. The Labute approximate surface area is 117 Å². The molecule has 1 aromatic heterocycles. The van der Waals surface area contributed by atoms with Gasteiger partial charge in [0, 0.05) is 32.7 Å². The third kappa shape index (κ3) is 3.32. The van der Waals surface area contributed by atoms with Crippen LogP contribution in [0.3, 0.4) is 0 Å². The third-order valence-electron chi connectivity index (χ3n) is 3.11. The average Bonchev–Trinajstić information content (AvgIpc) is 2.86. The van der Waals surface area contributed by atoms with Gasteiger partial charge in [0.05, 0.1) is 19.0 Å². The van der Waals surface area contributed by atoms with E-state index >= 15 is 0 Å². The van der Waals surface area contributed by atoms with E-state index in [9.17, 15) is 13.2 Å². The van der Waals surface area contributed by atoms with Gasteiger partial charge in [-0.2, -0.15) is 4.31 Å². The molecule has 1 amide bonds. The van der Waals surface area contributed by atoms with Gasteiger partial charge in [-0.25, -0.2) is 8.42 Å². The molecular formula is C10H18N6O3S. The zero-order chi connectivity index (χ0) is 14.8. The van der Waals surface area contributed by atoms with Crippen LogP contribution in [0.1, 0.15) is 10.5 Å². The van der Waals surface area contributed by atoms with Gasteiger partial charge in [-0.3, -0.25) is 9.48 Å². The largest absolute Gasteiger partial charge is 0.335 e. The standard InChI is InChI=1S/C10H18N6O3S/c1-20(18,19)16-6-4-14(5-7-16)10(17)9-8-15(3-2-11)13-12-9/h8H,2-7,11H2,1H3. The first-order valence-electron chi connectivity index (χ1n) is 6.26. The maximum Gasteiger partial charge on any atom is 0.276 e. The summed E-state index contributed by atoms with van der Waals surface area (Å²) in [7, 11) is -3.19. The number of nitrogens with two attached hydrogens (primary N) is 1. The Balaban J connectivity index is 1.97. The Morgan fingerprint density at radius 2 is 2.00 bits per heavy atom. The van der Waals surface area contributed by atoms with Crippen molar-refractivity contribution in [2.24, 2.45) is 5.73 Å². The number of carbonyl (C=O) groups excluding carboxylic acids is 1. The van der Waals surface area contributed by atoms with Crippen molar-refractivity contribution in [1.29, 1.82) is 0 Å². The molecule has 2 N–H and O–H groups in total. The van der Waals surface area contributed by atoms with Crippen molar-refractivity contribution in [2.75, 3.05) is 39.0 Å². The van der Waals surface area contributed by atoms with Crippen LogP contribution in [0.4, 0.5) is 0 Å². The van der Waals surface area contributed by atoms with E-state index in [1.165, 1.54) is 15.2 Å². The Morgan fingerprint density at radius 3 is 2.55 bits per heavy atom. The minimum atomic E-state index is -3.19. The molecule has 0 radical (unpaired) electrons. The summed E-state index contributed by atoms with van der Waals surface area (Å²) in [6.07, 6.45) is 2.72. The van der Waals surface area contributed by atoms with Crippen LogP contribution in [0.25, 0.3) is 0 Å². The fraction of sp³-hybridized carbons (Fsp3) is 0.700. The smallest absolute Gasteiger partial charge is 0.276 e. The lowest BCUT2D eigenvalue weighted by Crippen LogP contribution is -2.50. The first-order chi connectivity index (χ1) is 9.41. The number of sulfonamides is 1. The summed E-state index contributed by atoms with van der Waals surface area (Å²) in [5.74, 6) is -0.235. The SMILES string of the molecule is CS(=O)(=O)N1CCN(C(=O)c2cn(CCN)nn2)CC1. The van der Waals surface area contributed by atoms with Crippen molar-refractivity contribution in [3.63, 3.8) is 0 Å². The van der Waals surface area contributed by atoms with E-state index in [2.05, 4.69) is 10.3 Å². The van der Waals surface area contributed by atoms with Crippen LogP contribution < -0.4 is 5.73 Å². The number of rotatable bonds is 4. The third-order valence-corrected chi connectivity index (χ3v) is 4.41. The van der Waals surface area contributed by atoms with Gasteiger partial charge in [-0.05, 0) is 0 Å². The molecule has 2 rings (SSSR count). The van der Waals surface area contributed by atoms with Gasteiger partial charge in [0.25, 0.3) is 5.91 Å². The summed E-state index contributed by atoms with van der Waals surface area (Å²) in [4.78, 5) is 13.8. The normalized spacial score (nSPS) is 17.4. The van der Waals surface area contributed by atoms with E-state index in [-0.39, 0.29) is 11.6 Å². The Bertz CT molecular complexity index is 576. The molecule has 112 valence electrons. The number of hydrogen-bond donors (Lipinski definition) is 1. The van der Waals surface area contributed by atoms with E-state index in [0.717, 1.165) is 0 Å². The fourth-order valence-corrected chi connectivity index (χ4v) is 2.85. The average molecular weight is 302 g/mol. The van der Waals surface area contributed by atoms with Crippen LogP contribution in [0, 0.1) is 0 Å². The molecule has 20 heavy (non-hydrogen) atoms. The van der Waals surface area contributed by atoms with Gasteiger partial charge in [0.1, 0.15) is 0 Å². The second-order valence-corrected chi connectivity index (χ2v) is 6.59. The molecule has 0 aromatic carbocycles. The molecule has 9 nitrogen and oxygen atoms in total. The van der Waals surface area contributed by atoms with Crippen LogP contribution >= 0.6 is 0 Å². The van der Waals surface area contributed by atoms with Gasteiger partial charge in [-0.1, -0.05) is 5.21 Å². The molecule has 1 fully saturated rings. The number of piperazine rings is 1. The summed E-state index contributed by atoms with van der Waals surface area (Å²) < 4.78 is 25.7. The zero-order valence-corrected chi connectivity index (χ0v) is 12.1. The van der Waals surface area contributed by atoms with Crippen molar-refractivity contribution in [1.82, 2.24) is 24.2 Å². The molecule has 1 aliphatic rings. The predicted molar refractivity (Wildman–Crippen MR) is 71.4 cm³/mol. The topological polar surface area (TPSA) is 114 Å². The van der Waals surface area contributed by atoms with E-state index in [0.29, 0.717) is 39.3 Å². The highest BCUT2D eigenvalue weighted by Gasteiger charge is 2.27. The summed E-state index contributed by atoms with van der Waals surface area (Å²) in [5.41, 5.74) is 5.65. The van der Waals surface area contributed by atoms with Crippen molar-refractivity contribution in [2.45, 2.75) is 6.54 Å². The fourth-order valence-electron chi connectivity index (χ4n) is 2.02.